The van der Waals surface area contributed by atoms with Gasteiger partial charge in [0.15, 0.2) is 0 Å². The van der Waals surface area contributed by atoms with E-state index < -0.39 is 10.0 Å². The number of likely N-dealkylation sites (N-methyl/N-ethyl adjacent to an activating group) is 1. The number of hydrogen-bond acceptors (Lipinski definition) is 3. The minimum absolute atomic E-state index is 0.173. The highest BCUT2D eigenvalue weighted by molar-refractivity contribution is 7.89. The first-order chi connectivity index (χ1) is 14.2. The fraction of sp³-hybridized carbons (Fsp3) is 0.250. The molecule has 30 heavy (non-hydrogen) atoms. The van der Waals surface area contributed by atoms with Crippen molar-refractivity contribution in [2.75, 3.05) is 18.5 Å². The minimum atomic E-state index is -3.66. The maximum absolute atomic E-state index is 12.8. The number of nitrogens with zero attached hydrogens (tertiary/aromatic N) is 1. The van der Waals surface area contributed by atoms with Gasteiger partial charge in [-0.2, -0.15) is 0 Å². The monoisotopic (exact) mass is 442 g/mol. The Labute approximate surface area is 184 Å². The van der Waals surface area contributed by atoms with E-state index in [0.29, 0.717) is 5.02 Å². The first kappa shape index (κ1) is 22.3. The van der Waals surface area contributed by atoms with Crippen molar-refractivity contribution in [2.45, 2.75) is 31.7 Å². The molecule has 3 rings (SSSR count). The largest absolute Gasteiger partial charge is 0.366 e. The van der Waals surface area contributed by atoms with Crippen molar-refractivity contribution in [3.63, 3.8) is 0 Å². The summed E-state index contributed by atoms with van der Waals surface area (Å²) in [4.78, 5) is 2.35. The van der Waals surface area contributed by atoms with Crippen LogP contribution in [0.5, 0.6) is 0 Å². The molecule has 3 aromatic rings. The van der Waals surface area contributed by atoms with Crippen molar-refractivity contribution in [3.05, 3.63) is 94.0 Å². The third-order valence-corrected chi connectivity index (χ3v) is 6.92. The summed E-state index contributed by atoms with van der Waals surface area (Å²) in [6.07, 6.45) is 0. The molecule has 1 atom stereocenters. The predicted molar refractivity (Wildman–Crippen MR) is 125 cm³/mol. The van der Waals surface area contributed by atoms with Gasteiger partial charge < -0.3 is 4.90 Å². The fourth-order valence-corrected chi connectivity index (χ4v) is 5.09. The molecule has 0 heterocycles. The molecule has 0 aliphatic rings. The molecule has 0 amide bonds. The van der Waals surface area contributed by atoms with Gasteiger partial charge in [0.05, 0.1) is 10.9 Å². The zero-order valence-electron chi connectivity index (χ0n) is 17.7. The number of anilines is 1. The fourth-order valence-electron chi connectivity index (χ4n) is 3.92. The standard InChI is InChI=1S/C24H27ClN2O2S/c1-17-14-18(2)24(19(3)15-17)27(4)23(20-8-6-5-7-9-20)16-26-30(28,29)22-12-10-21(25)11-13-22/h5-15,23,26H,16H2,1-4H3. The molecule has 6 heteroatoms. The van der Waals surface area contributed by atoms with Gasteiger partial charge in [0.1, 0.15) is 0 Å². The van der Waals surface area contributed by atoms with Crippen molar-refractivity contribution in [1.29, 1.82) is 0 Å². The lowest BCUT2D eigenvalue weighted by molar-refractivity contribution is 0.567. The molecular weight excluding hydrogens is 416 g/mol. The van der Waals surface area contributed by atoms with Crippen LogP contribution in [0.3, 0.4) is 0 Å². The Balaban J connectivity index is 1.93. The molecule has 0 aliphatic carbocycles. The lowest BCUT2D eigenvalue weighted by Crippen LogP contribution is -2.36. The van der Waals surface area contributed by atoms with Crippen LogP contribution in [0.15, 0.2) is 71.6 Å². The van der Waals surface area contributed by atoms with Gasteiger partial charge in [-0.3, -0.25) is 0 Å². The van der Waals surface area contributed by atoms with Crippen LogP contribution in [0.4, 0.5) is 5.69 Å². The Morgan fingerprint density at radius 3 is 2.07 bits per heavy atom. The third kappa shape index (κ3) is 5.04. The zero-order valence-corrected chi connectivity index (χ0v) is 19.3. The zero-order chi connectivity index (χ0) is 21.9. The first-order valence-electron chi connectivity index (χ1n) is 9.80. The average molecular weight is 443 g/mol. The molecular formula is C24H27ClN2O2S. The van der Waals surface area contributed by atoms with E-state index in [1.165, 1.54) is 17.7 Å². The second kappa shape index (κ2) is 9.21. The average Bonchev–Trinajstić information content (AvgIpc) is 2.68. The Morgan fingerprint density at radius 2 is 1.50 bits per heavy atom. The minimum Gasteiger partial charge on any atom is -0.366 e. The third-order valence-electron chi connectivity index (χ3n) is 5.23. The van der Waals surface area contributed by atoms with Crippen LogP contribution in [0.1, 0.15) is 28.3 Å². The van der Waals surface area contributed by atoms with Gasteiger partial charge in [-0.25, -0.2) is 13.1 Å². The van der Waals surface area contributed by atoms with E-state index in [-0.39, 0.29) is 17.5 Å². The summed E-state index contributed by atoms with van der Waals surface area (Å²) >= 11 is 5.90. The molecule has 3 aromatic carbocycles. The molecule has 1 N–H and O–H groups in total. The van der Waals surface area contributed by atoms with E-state index in [1.54, 1.807) is 12.1 Å². The normalized spacial score (nSPS) is 12.6. The van der Waals surface area contributed by atoms with Crippen LogP contribution in [0.25, 0.3) is 0 Å². The predicted octanol–water partition coefficient (Wildman–Crippen LogP) is 5.42. The van der Waals surface area contributed by atoms with E-state index in [9.17, 15) is 8.42 Å². The highest BCUT2D eigenvalue weighted by atomic mass is 35.5. The van der Waals surface area contributed by atoms with Crippen LogP contribution >= 0.6 is 11.6 Å². The molecule has 0 bridgehead atoms. The summed E-state index contributed by atoms with van der Waals surface area (Å²) in [5.41, 5.74) is 5.69. The van der Waals surface area contributed by atoms with Crippen LogP contribution in [-0.2, 0) is 10.0 Å². The van der Waals surface area contributed by atoms with Gasteiger partial charge >= 0.3 is 0 Å². The number of sulfonamides is 1. The van der Waals surface area contributed by atoms with Gasteiger partial charge in [-0.1, -0.05) is 59.6 Å². The van der Waals surface area contributed by atoms with E-state index in [0.717, 1.165) is 22.4 Å². The van der Waals surface area contributed by atoms with Crippen LogP contribution in [0, 0.1) is 20.8 Å². The van der Waals surface area contributed by atoms with Crippen molar-refractivity contribution in [1.82, 2.24) is 4.72 Å². The topological polar surface area (TPSA) is 49.4 Å². The number of halogens is 1. The van der Waals surface area contributed by atoms with Gasteiger partial charge in [-0.15, -0.1) is 0 Å². The summed E-state index contributed by atoms with van der Waals surface area (Å²) in [5, 5.41) is 0.501. The summed E-state index contributed by atoms with van der Waals surface area (Å²) in [7, 11) is -1.65. The first-order valence-corrected chi connectivity index (χ1v) is 11.7. The molecule has 0 saturated carbocycles. The SMILES string of the molecule is Cc1cc(C)c(N(C)C(CNS(=O)(=O)c2ccc(Cl)cc2)c2ccccc2)c(C)c1. The molecule has 0 aromatic heterocycles. The Bertz CT molecular complexity index is 1090. The summed E-state index contributed by atoms with van der Waals surface area (Å²) in [5.74, 6) is 0. The van der Waals surface area contributed by atoms with E-state index >= 15 is 0 Å². The van der Waals surface area contributed by atoms with Crippen molar-refractivity contribution in [2.24, 2.45) is 0 Å². The molecule has 0 spiro atoms. The van der Waals surface area contributed by atoms with E-state index in [4.69, 9.17) is 11.6 Å². The number of benzene rings is 3. The van der Waals surface area contributed by atoms with E-state index in [1.807, 2.05) is 37.4 Å². The molecule has 4 nitrogen and oxygen atoms in total. The Morgan fingerprint density at radius 1 is 0.933 bits per heavy atom. The summed E-state index contributed by atoms with van der Waals surface area (Å²) in [6, 6.07) is 20.3. The van der Waals surface area contributed by atoms with Crippen LogP contribution < -0.4 is 9.62 Å². The lowest BCUT2D eigenvalue weighted by Gasteiger charge is -2.33. The number of nitrogens with one attached hydrogen (secondary N) is 1. The maximum Gasteiger partial charge on any atom is 0.240 e. The molecule has 0 fully saturated rings. The molecule has 0 saturated heterocycles. The molecule has 0 aliphatic heterocycles. The Hall–Kier alpha value is -2.34. The van der Waals surface area contributed by atoms with Gasteiger partial charge in [0.2, 0.25) is 10.0 Å². The summed E-state index contributed by atoms with van der Waals surface area (Å²) < 4.78 is 28.5. The molecule has 0 radical (unpaired) electrons. The van der Waals surface area contributed by atoms with Gasteiger partial charge in [0.25, 0.3) is 0 Å². The Kier molecular flexibility index (Phi) is 6.86. The quantitative estimate of drug-likeness (QED) is 0.531. The van der Waals surface area contributed by atoms with Crippen molar-refractivity contribution in [3.8, 4) is 0 Å². The van der Waals surface area contributed by atoms with Gasteiger partial charge in [-0.05, 0) is 61.7 Å². The van der Waals surface area contributed by atoms with Crippen LogP contribution in [-0.4, -0.2) is 22.0 Å². The highest BCUT2D eigenvalue weighted by Gasteiger charge is 2.23. The number of hydrogen-bond donors (Lipinski definition) is 1. The van der Waals surface area contributed by atoms with Crippen molar-refractivity contribution >= 4 is 27.3 Å². The van der Waals surface area contributed by atoms with Gasteiger partial charge in [0, 0.05) is 24.3 Å². The molecule has 158 valence electrons. The van der Waals surface area contributed by atoms with Crippen molar-refractivity contribution < 1.29 is 8.42 Å². The van der Waals surface area contributed by atoms with E-state index in [2.05, 4.69) is 42.5 Å². The maximum atomic E-state index is 12.8. The summed E-state index contributed by atoms with van der Waals surface area (Å²) in [6.45, 7) is 6.49. The second-order valence-corrected chi connectivity index (χ2v) is 9.79. The number of rotatable bonds is 7. The smallest absolute Gasteiger partial charge is 0.240 e. The lowest BCUT2D eigenvalue weighted by atomic mass is 10.00. The molecule has 1 unspecified atom stereocenters. The highest BCUT2D eigenvalue weighted by Crippen LogP contribution is 2.32. The number of aryl methyl sites for hydroxylation is 3. The van der Waals surface area contributed by atoms with Crippen LogP contribution in [0.2, 0.25) is 5.02 Å². The second-order valence-electron chi connectivity index (χ2n) is 7.59.